The number of amides is 3. The van der Waals surface area contributed by atoms with E-state index in [1.807, 2.05) is 73.7 Å². The fourth-order valence-electron chi connectivity index (χ4n) is 4.31. The first kappa shape index (κ1) is 24.7. The minimum absolute atomic E-state index is 0.0951. The number of carbonyl (C=O) groups excluding carboxylic acids is 2. The van der Waals surface area contributed by atoms with Crippen LogP contribution >= 0.6 is 11.6 Å². The minimum atomic E-state index is -0.931. The van der Waals surface area contributed by atoms with Gasteiger partial charge in [0.25, 0.3) is 0 Å². The summed E-state index contributed by atoms with van der Waals surface area (Å²) in [7, 11) is 1.68. The zero-order valence-corrected chi connectivity index (χ0v) is 20.6. The van der Waals surface area contributed by atoms with Gasteiger partial charge in [-0.25, -0.2) is 4.79 Å². The minimum Gasteiger partial charge on any atom is -0.338 e. The molecule has 2 atom stereocenters. The van der Waals surface area contributed by atoms with Crippen molar-refractivity contribution >= 4 is 23.5 Å². The van der Waals surface area contributed by atoms with Gasteiger partial charge in [-0.1, -0.05) is 66.2 Å². The summed E-state index contributed by atoms with van der Waals surface area (Å²) in [6.45, 7) is 2.70. The van der Waals surface area contributed by atoms with Crippen molar-refractivity contribution in [3.8, 4) is 11.1 Å². The van der Waals surface area contributed by atoms with Crippen LogP contribution in [0.25, 0.3) is 11.1 Å². The lowest BCUT2D eigenvalue weighted by atomic mass is 9.88. The van der Waals surface area contributed by atoms with E-state index in [0.29, 0.717) is 18.1 Å². The van der Waals surface area contributed by atoms with Crippen LogP contribution in [0.5, 0.6) is 0 Å². The van der Waals surface area contributed by atoms with E-state index >= 15 is 0 Å². The number of hydrogen-bond acceptors (Lipinski definition) is 4. The van der Waals surface area contributed by atoms with Crippen LogP contribution in [0.15, 0.2) is 72.8 Å². The summed E-state index contributed by atoms with van der Waals surface area (Å²) in [5, 5.41) is 9.60. The SMILES string of the molecule is CN1C(=O)C(C)(c2cccc(-c3cc(Cl)ccc3CNC(=O)NCCc3ccccc3)c2)NC1N. The molecule has 3 aromatic carbocycles. The molecule has 0 saturated carbocycles. The number of benzene rings is 3. The first-order valence-corrected chi connectivity index (χ1v) is 11.9. The average Bonchev–Trinajstić information content (AvgIpc) is 3.07. The topological polar surface area (TPSA) is 99.5 Å². The second kappa shape index (κ2) is 10.5. The van der Waals surface area contributed by atoms with Crippen molar-refractivity contribution in [3.05, 3.63) is 94.5 Å². The number of urea groups is 1. The van der Waals surface area contributed by atoms with E-state index in [9.17, 15) is 9.59 Å². The maximum Gasteiger partial charge on any atom is 0.315 e. The molecular formula is C27H30ClN5O2. The van der Waals surface area contributed by atoms with Gasteiger partial charge in [-0.05, 0) is 59.4 Å². The van der Waals surface area contributed by atoms with E-state index in [-0.39, 0.29) is 11.9 Å². The molecule has 7 nitrogen and oxygen atoms in total. The van der Waals surface area contributed by atoms with Crippen molar-refractivity contribution in [2.24, 2.45) is 5.73 Å². The molecule has 1 heterocycles. The highest BCUT2D eigenvalue weighted by atomic mass is 35.5. The van der Waals surface area contributed by atoms with Crippen molar-refractivity contribution in [2.45, 2.75) is 31.7 Å². The highest BCUT2D eigenvalue weighted by Crippen LogP contribution is 2.33. The van der Waals surface area contributed by atoms with Crippen LogP contribution in [0.4, 0.5) is 4.79 Å². The molecule has 1 aliphatic heterocycles. The third kappa shape index (κ3) is 5.48. The van der Waals surface area contributed by atoms with Crippen LogP contribution in [0.3, 0.4) is 0 Å². The van der Waals surface area contributed by atoms with Gasteiger partial charge in [-0.15, -0.1) is 0 Å². The molecule has 35 heavy (non-hydrogen) atoms. The first-order chi connectivity index (χ1) is 16.8. The predicted molar refractivity (Wildman–Crippen MR) is 139 cm³/mol. The molecule has 0 spiro atoms. The number of nitrogens with one attached hydrogen (secondary N) is 3. The Morgan fingerprint density at radius 3 is 2.57 bits per heavy atom. The second-order valence-electron chi connectivity index (χ2n) is 8.86. The van der Waals surface area contributed by atoms with Gasteiger partial charge in [-0.3, -0.25) is 15.8 Å². The molecule has 0 bridgehead atoms. The molecule has 2 unspecified atom stereocenters. The van der Waals surface area contributed by atoms with Gasteiger partial charge in [0.2, 0.25) is 5.91 Å². The van der Waals surface area contributed by atoms with Crippen LogP contribution in [-0.2, 0) is 23.3 Å². The zero-order chi connectivity index (χ0) is 25.0. The quantitative estimate of drug-likeness (QED) is 0.406. The first-order valence-electron chi connectivity index (χ1n) is 11.5. The summed E-state index contributed by atoms with van der Waals surface area (Å²) in [5.74, 6) is -0.0951. The van der Waals surface area contributed by atoms with Gasteiger partial charge in [0.15, 0.2) is 0 Å². The van der Waals surface area contributed by atoms with Crippen LogP contribution in [0.2, 0.25) is 5.02 Å². The molecule has 182 valence electrons. The van der Waals surface area contributed by atoms with Crippen LogP contribution < -0.4 is 21.7 Å². The predicted octanol–water partition coefficient (Wildman–Crippen LogP) is 3.57. The smallest absolute Gasteiger partial charge is 0.315 e. The van der Waals surface area contributed by atoms with Gasteiger partial charge in [-0.2, -0.15) is 0 Å². The molecule has 4 rings (SSSR count). The summed E-state index contributed by atoms with van der Waals surface area (Å²) >= 11 is 6.32. The van der Waals surface area contributed by atoms with Gasteiger partial charge in [0.1, 0.15) is 11.8 Å². The number of halogens is 1. The fraction of sp³-hybridized carbons (Fsp3) is 0.259. The Kier molecular flexibility index (Phi) is 7.40. The van der Waals surface area contributed by atoms with E-state index in [1.54, 1.807) is 13.1 Å². The Morgan fingerprint density at radius 1 is 1.09 bits per heavy atom. The van der Waals surface area contributed by atoms with Crippen LogP contribution in [0.1, 0.15) is 23.6 Å². The van der Waals surface area contributed by atoms with Crippen molar-refractivity contribution < 1.29 is 9.59 Å². The number of hydrogen-bond donors (Lipinski definition) is 4. The number of rotatable bonds is 7. The molecule has 8 heteroatoms. The van der Waals surface area contributed by atoms with Crippen molar-refractivity contribution in [2.75, 3.05) is 13.6 Å². The summed E-state index contributed by atoms with van der Waals surface area (Å²) in [5.41, 5.74) is 9.77. The summed E-state index contributed by atoms with van der Waals surface area (Å²) in [6.07, 6.45) is 0.208. The average molecular weight is 492 g/mol. The lowest BCUT2D eigenvalue weighted by molar-refractivity contribution is -0.131. The number of likely N-dealkylation sites (N-methyl/N-ethyl adjacent to an activating group) is 1. The molecular weight excluding hydrogens is 462 g/mol. The van der Waals surface area contributed by atoms with Crippen molar-refractivity contribution in [1.82, 2.24) is 20.9 Å². The van der Waals surface area contributed by atoms with E-state index < -0.39 is 11.8 Å². The monoisotopic (exact) mass is 491 g/mol. The lowest BCUT2D eigenvalue weighted by Crippen LogP contribution is -2.45. The molecule has 1 aliphatic rings. The Bertz CT molecular complexity index is 1220. The second-order valence-corrected chi connectivity index (χ2v) is 9.29. The third-order valence-corrected chi connectivity index (χ3v) is 6.64. The Labute approximate surface area is 210 Å². The molecule has 0 aromatic heterocycles. The molecule has 0 radical (unpaired) electrons. The highest BCUT2D eigenvalue weighted by molar-refractivity contribution is 6.30. The highest BCUT2D eigenvalue weighted by Gasteiger charge is 2.46. The molecule has 1 saturated heterocycles. The van der Waals surface area contributed by atoms with Crippen molar-refractivity contribution in [3.63, 3.8) is 0 Å². The maximum atomic E-state index is 12.9. The maximum absolute atomic E-state index is 12.9. The number of nitrogens with zero attached hydrogens (tertiary/aromatic N) is 1. The van der Waals surface area contributed by atoms with Gasteiger partial charge in [0, 0.05) is 25.2 Å². The van der Waals surface area contributed by atoms with Gasteiger partial charge < -0.3 is 15.5 Å². The van der Waals surface area contributed by atoms with Crippen LogP contribution in [0, 0.1) is 0 Å². The van der Waals surface area contributed by atoms with Crippen molar-refractivity contribution in [1.29, 1.82) is 0 Å². The Morgan fingerprint density at radius 2 is 1.86 bits per heavy atom. The Hall–Kier alpha value is -3.39. The summed E-state index contributed by atoms with van der Waals surface area (Å²) < 4.78 is 0. The number of carbonyl (C=O) groups is 2. The van der Waals surface area contributed by atoms with E-state index in [1.165, 1.54) is 10.5 Å². The Balaban J connectivity index is 1.48. The summed E-state index contributed by atoms with van der Waals surface area (Å²) in [4.78, 5) is 26.7. The van der Waals surface area contributed by atoms with Crippen LogP contribution in [-0.4, -0.2) is 36.7 Å². The fourth-order valence-corrected chi connectivity index (χ4v) is 4.48. The summed E-state index contributed by atoms with van der Waals surface area (Å²) in [6, 6.07) is 23.1. The normalized spacial score (nSPS) is 19.6. The third-order valence-electron chi connectivity index (χ3n) is 6.41. The molecule has 0 aliphatic carbocycles. The molecule has 5 N–H and O–H groups in total. The molecule has 3 aromatic rings. The zero-order valence-electron chi connectivity index (χ0n) is 19.8. The molecule has 1 fully saturated rings. The van der Waals surface area contributed by atoms with E-state index in [0.717, 1.165) is 28.7 Å². The van der Waals surface area contributed by atoms with Gasteiger partial charge in [0.05, 0.1) is 0 Å². The van der Waals surface area contributed by atoms with Gasteiger partial charge >= 0.3 is 6.03 Å². The lowest BCUT2D eigenvalue weighted by Gasteiger charge is -2.23. The standard InChI is InChI=1S/C27H30ClN5O2/c1-27(24(34)33(2)25(29)32-27)21-10-6-9-19(15-21)23-16-22(28)12-11-20(23)17-31-26(35)30-14-13-18-7-4-3-5-8-18/h3-12,15-16,25,32H,13-14,17,29H2,1-2H3,(H2,30,31,35). The molecule has 3 amide bonds. The number of nitrogens with two attached hydrogens (primary N) is 1. The largest absolute Gasteiger partial charge is 0.338 e. The van der Waals surface area contributed by atoms with E-state index in [4.69, 9.17) is 17.3 Å². The van der Waals surface area contributed by atoms with E-state index in [2.05, 4.69) is 16.0 Å².